The van der Waals surface area contributed by atoms with Crippen LogP contribution in [0.2, 0.25) is 0 Å². The second-order valence-corrected chi connectivity index (χ2v) is 3.86. The van der Waals surface area contributed by atoms with Gasteiger partial charge in [-0.25, -0.2) is 4.79 Å². The molecule has 0 heterocycles. The van der Waals surface area contributed by atoms with Crippen molar-refractivity contribution in [3.63, 3.8) is 0 Å². The molecule has 86 valence electrons. The van der Waals surface area contributed by atoms with Gasteiger partial charge in [-0.15, -0.1) is 0 Å². The molecular formula is C10H10BrNO4. The Kier molecular flexibility index (Phi) is 4.00. The number of hydrogen-bond acceptors (Lipinski definition) is 4. The quantitative estimate of drug-likeness (QED) is 0.487. The second-order valence-electron chi connectivity index (χ2n) is 3.07. The van der Waals surface area contributed by atoms with Crippen LogP contribution >= 0.6 is 15.9 Å². The molecule has 1 aromatic rings. The lowest BCUT2D eigenvalue weighted by atomic mass is 10.1. The van der Waals surface area contributed by atoms with Gasteiger partial charge < -0.3 is 4.74 Å². The van der Waals surface area contributed by atoms with E-state index < -0.39 is 10.9 Å². The largest absolute Gasteiger partial charge is 0.462 e. The maximum Gasteiger partial charge on any atom is 0.345 e. The average Bonchev–Trinajstić information content (AvgIpc) is 2.21. The number of carbonyl (C=O) groups excluding carboxylic acids is 1. The number of aryl methyl sites for hydroxylation is 1. The summed E-state index contributed by atoms with van der Waals surface area (Å²) in [5.41, 5.74) is 0.405. The molecule has 0 aliphatic heterocycles. The van der Waals surface area contributed by atoms with E-state index in [1.807, 2.05) is 0 Å². The van der Waals surface area contributed by atoms with Crippen LogP contribution in [0.15, 0.2) is 16.6 Å². The van der Waals surface area contributed by atoms with E-state index in [9.17, 15) is 14.9 Å². The Morgan fingerprint density at radius 3 is 2.69 bits per heavy atom. The fourth-order valence-electron chi connectivity index (χ4n) is 1.22. The second kappa shape index (κ2) is 5.07. The van der Waals surface area contributed by atoms with Crippen LogP contribution < -0.4 is 0 Å². The predicted octanol–water partition coefficient (Wildman–Crippen LogP) is 2.84. The van der Waals surface area contributed by atoms with E-state index in [-0.39, 0.29) is 17.9 Å². The summed E-state index contributed by atoms with van der Waals surface area (Å²) in [7, 11) is 0. The molecule has 0 aliphatic rings. The van der Waals surface area contributed by atoms with Crippen molar-refractivity contribution in [1.29, 1.82) is 0 Å². The predicted molar refractivity (Wildman–Crippen MR) is 61.5 cm³/mol. The van der Waals surface area contributed by atoms with E-state index >= 15 is 0 Å². The molecule has 0 bridgehead atoms. The van der Waals surface area contributed by atoms with E-state index in [1.165, 1.54) is 6.07 Å². The molecule has 0 unspecified atom stereocenters. The number of nitrogens with zero attached hydrogens (tertiary/aromatic N) is 1. The minimum atomic E-state index is -0.685. The third-order valence-corrected chi connectivity index (χ3v) is 2.99. The molecule has 0 amide bonds. The Morgan fingerprint density at radius 2 is 2.19 bits per heavy atom. The normalized spacial score (nSPS) is 9.94. The molecule has 0 aromatic heterocycles. The van der Waals surface area contributed by atoms with Crippen LogP contribution in [0.5, 0.6) is 0 Å². The van der Waals surface area contributed by atoms with Crippen molar-refractivity contribution in [2.75, 3.05) is 6.61 Å². The van der Waals surface area contributed by atoms with Gasteiger partial charge in [0.2, 0.25) is 0 Å². The van der Waals surface area contributed by atoms with E-state index in [2.05, 4.69) is 15.9 Å². The van der Waals surface area contributed by atoms with Gasteiger partial charge in [0.25, 0.3) is 5.69 Å². The summed E-state index contributed by atoms with van der Waals surface area (Å²) in [6.45, 7) is 3.54. The zero-order valence-electron chi connectivity index (χ0n) is 8.82. The Bertz CT molecular complexity index is 445. The molecule has 0 saturated heterocycles. The Hall–Kier alpha value is -1.43. The van der Waals surface area contributed by atoms with Gasteiger partial charge in [0, 0.05) is 0 Å². The molecule has 1 aromatic carbocycles. The van der Waals surface area contributed by atoms with Gasteiger partial charge >= 0.3 is 5.97 Å². The van der Waals surface area contributed by atoms with Crippen LogP contribution in [0.4, 0.5) is 5.69 Å². The van der Waals surface area contributed by atoms with Crippen LogP contribution in [-0.2, 0) is 4.74 Å². The third-order valence-electron chi connectivity index (χ3n) is 1.99. The summed E-state index contributed by atoms with van der Waals surface area (Å²) < 4.78 is 5.06. The van der Waals surface area contributed by atoms with Crippen LogP contribution in [0.25, 0.3) is 0 Å². The molecule has 6 heteroatoms. The number of ether oxygens (including phenoxy) is 1. The third kappa shape index (κ3) is 2.38. The molecule has 0 atom stereocenters. The smallest absolute Gasteiger partial charge is 0.345 e. The molecule has 0 saturated carbocycles. The van der Waals surface area contributed by atoms with Crippen molar-refractivity contribution in [3.05, 3.63) is 37.8 Å². The van der Waals surface area contributed by atoms with E-state index in [1.54, 1.807) is 19.9 Å². The number of halogens is 1. The lowest BCUT2D eigenvalue weighted by Crippen LogP contribution is -2.08. The van der Waals surface area contributed by atoms with Crippen molar-refractivity contribution in [2.24, 2.45) is 0 Å². The Morgan fingerprint density at radius 1 is 1.56 bits per heavy atom. The van der Waals surface area contributed by atoms with Crippen LogP contribution in [0.1, 0.15) is 22.8 Å². The van der Waals surface area contributed by atoms with Crippen LogP contribution in [0, 0.1) is 17.0 Å². The minimum Gasteiger partial charge on any atom is -0.462 e. The number of benzene rings is 1. The zero-order valence-corrected chi connectivity index (χ0v) is 10.4. The fourth-order valence-corrected chi connectivity index (χ4v) is 1.71. The SMILES string of the molecule is CCOC(=O)c1ccc(C)c(Br)c1[N+](=O)[O-]. The molecule has 0 radical (unpaired) electrons. The highest BCUT2D eigenvalue weighted by molar-refractivity contribution is 9.10. The highest BCUT2D eigenvalue weighted by atomic mass is 79.9. The van der Waals surface area contributed by atoms with Crippen LogP contribution in [-0.4, -0.2) is 17.5 Å². The monoisotopic (exact) mass is 287 g/mol. The molecular weight excluding hydrogens is 278 g/mol. The van der Waals surface area contributed by atoms with Gasteiger partial charge in [-0.2, -0.15) is 0 Å². The van der Waals surface area contributed by atoms with Crippen molar-refractivity contribution >= 4 is 27.6 Å². The van der Waals surface area contributed by atoms with Gasteiger partial charge in [0.1, 0.15) is 5.56 Å². The summed E-state index contributed by atoms with van der Waals surface area (Å²) in [6, 6.07) is 3.03. The number of nitro groups is 1. The van der Waals surface area contributed by atoms with E-state index in [0.29, 0.717) is 10.0 Å². The number of hydrogen-bond donors (Lipinski definition) is 0. The summed E-state index contributed by atoms with van der Waals surface area (Å²) in [6.07, 6.45) is 0. The average molecular weight is 288 g/mol. The van der Waals surface area contributed by atoms with Crippen molar-refractivity contribution < 1.29 is 14.5 Å². The van der Waals surface area contributed by atoms with Crippen molar-refractivity contribution in [1.82, 2.24) is 0 Å². The van der Waals surface area contributed by atoms with Gasteiger partial charge in [-0.05, 0) is 41.4 Å². The maximum atomic E-state index is 11.5. The van der Waals surface area contributed by atoms with Crippen molar-refractivity contribution in [3.8, 4) is 0 Å². The molecule has 1 rings (SSSR count). The van der Waals surface area contributed by atoms with Gasteiger partial charge in [-0.1, -0.05) is 6.07 Å². The van der Waals surface area contributed by atoms with Gasteiger partial charge in [0.05, 0.1) is 16.0 Å². The number of rotatable bonds is 3. The molecule has 16 heavy (non-hydrogen) atoms. The highest BCUT2D eigenvalue weighted by Crippen LogP contribution is 2.32. The standard InChI is InChI=1S/C10H10BrNO4/c1-3-16-10(13)7-5-4-6(2)8(11)9(7)12(14)15/h4-5H,3H2,1-2H3. The number of esters is 1. The first-order valence-corrected chi connectivity index (χ1v) is 5.39. The summed E-state index contributed by atoms with van der Waals surface area (Å²) in [5, 5.41) is 10.9. The molecule has 0 fully saturated rings. The summed E-state index contributed by atoms with van der Waals surface area (Å²) in [5.74, 6) is -0.685. The number of nitro benzene ring substituents is 1. The van der Waals surface area contributed by atoms with E-state index in [4.69, 9.17) is 4.74 Å². The first-order valence-electron chi connectivity index (χ1n) is 4.59. The molecule has 0 spiro atoms. The number of carbonyl (C=O) groups is 1. The fraction of sp³-hybridized carbons (Fsp3) is 0.300. The summed E-state index contributed by atoms with van der Waals surface area (Å²) >= 11 is 3.10. The van der Waals surface area contributed by atoms with Crippen molar-refractivity contribution in [2.45, 2.75) is 13.8 Å². The van der Waals surface area contributed by atoms with E-state index in [0.717, 1.165) is 0 Å². The minimum absolute atomic E-state index is 0.0377. The Labute approximate surface area is 101 Å². The summed E-state index contributed by atoms with van der Waals surface area (Å²) in [4.78, 5) is 21.8. The lowest BCUT2D eigenvalue weighted by molar-refractivity contribution is -0.386. The first-order chi connectivity index (χ1) is 7.49. The van der Waals surface area contributed by atoms with Gasteiger partial charge in [0.15, 0.2) is 0 Å². The topological polar surface area (TPSA) is 69.4 Å². The van der Waals surface area contributed by atoms with Gasteiger partial charge in [-0.3, -0.25) is 10.1 Å². The molecule has 0 N–H and O–H groups in total. The molecule has 0 aliphatic carbocycles. The first kappa shape index (κ1) is 12.6. The van der Waals surface area contributed by atoms with Crippen LogP contribution in [0.3, 0.4) is 0 Å². The Balaban J connectivity index is 3.34. The highest BCUT2D eigenvalue weighted by Gasteiger charge is 2.25. The molecule has 5 nitrogen and oxygen atoms in total. The zero-order chi connectivity index (χ0) is 12.3. The lowest BCUT2D eigenvalue weighted by Gasteiger charge is -2.05. The maximum absolute atomic E-state index is 11.5.